The number of nitrogens with two attached hydrogens (primary N) is 1. The first kappa shape index (κ1) is 6.91. The van der Waals surface area contributed by atoms with Gasteiger partial charge in [0, 0.05) is 11.5 Å². The fourth-order valence-electron chi connectivity index (χ4n) is 1.20. The minimum Gasteiger partial charge on any atom is -0.710 e. The summed E-state index contributed by atoms with van der Waals surface area (Å²) in [7, 11) is 0. The Morgan fingerprint density at radius 3 is 2.67 bits per heavy atom. The molecule has 1 aromatic heterocycles. The van der Waals surface area contributed by atoms with Gasteiger partial charge in [0.1, 0.15) is 5.52 Å². The molecule has 1 heterocycles. The van der Waals surface area contributed by atoms with Crippen LogP contribution in [0.2, 0.25) is 0 Å². The highest BCUT2D eigenvalue weighted by Gasteiger charge is 2.00. The molecule has 0 amide bonds. The second kappa shape index (κ2) is 2.37. The van der Waals surface area contributed by atoms with Crippen molar-refractivity contribution in [3.8, 4) is 0 Å². The van der Waals surface area contributed by atoms with E-state index in [2.05, 4.69) is 0 Å². The van der Waals surface area contributed by atoms with Crippen molar-refractivity contribution in [1.82, 2.24) is 0 Å². The van der Waals surface area contributed by atoms with Crippen molar-refractivity contribution in [3.63, 3.8) is 0 Å². The molecule has 3 heteroatoms. The Hall–Kier alpha value is -1.77. The second-order valence-electron chi connectivity index (χ2n) is 2.61. The molecule has 60 valence electrons. The fourth-order valence-corrected chi connectivity index (χ4v) is 1.20. The molecule has 0 spiro atoms. The molecule has 0 atom stereocenters. The molecule has 0 saturated carbocycles. The van der Waals surface area contributed by atoms with Gasteiger partial charge >= 0.3 is 0 Å². The van der Waals surface area contributed by atoms with E-state index in [-0.39, 0.29) is 5.82 Å². The van der Waals surface area contributed by atoms with Crippen LogP contribution in [0, 0.1) is 5.21 Å². The number of anilines is 1. The number of hydrogen-bond donors (Lipinski definition) is 1. The van der Waals surface area contributed by atoms with E-state index in [0.717, 1.165) is 10.1 Å². The second-order valence-corrected chi connectivity index (χ2v) is 2.61. The summed E-state index contributed by atoms with van der Waals surface area (Å²) < 4.78 is 0.731. The molecule has 2 N–H and O–H groups in total. The van der Waals surface area contributed by atoms with Crippen molar-refractivity contribution in [3.05, 3.63) is 41.6 Å². The molecular formula is C9H8N2O. The molecule has 0 unspecified atom stereocenters. The SMILES string of the molecule is Nc1ccc2ccccc2[n+]1[O-]. The van der Waals surface area contributed by atoms with Crippen molar-refractivity contribution >= 4 is 16.7 Å². The maximum Gasteiger partial charge on any atom is 0.275 e. The Bertz CT molecular complexity index is 426. The minimum absolute atomic E-state index is 0.230. The first-order valence-corrected chi connectivity index (χ1v) is 3.66. The maximum absolute atomic E-state index is 11.3. The minimum atomic E-state index is 0.230. The number of nitrogen functional groups attached to an aromatic ring is 1. The van der Waals surface area contributed by atoms with Crippen molar-refractivity contribution in [2.75, 3.05) is 5.73 Å². The van der Waals surface area contributed by atoms with Crippen LogP contribution in [0.3, 0.4) is 0 Å². The Morgan fingerprint density at radius 2 is 1.83 bits per heavy atom. The lowest BCUT2D eigenvalue weighted by molar-refractivity contribution is -0.561. The van der Waals surface area contributed by atoms with Gasteiger partial charge in [-0.05, 0) is 12.1 Å². The van der Waals surface area contributed by atoms with Gasteiger partial charge in [0.05, 0.1) is 0 Å². The Labute approximate surface area is 69.6 Å². The van der Waals surface area contributed by atoms with Crippen LogP contribution in [0.4, 0.5) is 5.82 Å². The summed E-state index contributed by atoms with van der Waals surface area (Å²) in [5.41, 5.74) is 6.05. The van der Waals surface area contributed by atoms with Gasteiger partial charge in [-0.2, -0.15) is 0 Å². The third-order valence-corrected chi connectivity index (χ3v) is 1.82. The van der Waals surface area contributed by atoms with Crippen LogP contribution < -0.4 is 10.5 Å². The van der Waals surface area contributed by atoms with Crippen molar-refractivity contribution in [1.29, 1.82) is 0 Å². The normalized spacial score (nSPS) is 10.3. The molecule has 3 nitrogen and oxygen atoms in total. The number of benzene rings is 1. The average molecular weight is 160 g/mol. The summed E-state index contributed by atoms with van der Waals surface area (Å²) in [5.74, 6) is 0.230. The number of fused-ring (bicyclic) bond motifs is 1. The number of nitrogens with zero attached hydrogens (tertiary/aromatic N) is 1. The van der Waals surface area contributed by atoms with Crippen LogP contribution in [0.1, 0.15) is 0 Å². The zero-order valence-electron chi connectivity index (χ0n) is 6.40. The molecular weight excluding hydrogens is 152 g/mol. The van der Waals surface area contributed by atoms with Crippen molar-refractivity contribution in [2.24, 2.45) is 0 Å². The number of rotatable bonds is 0. The predicted octanol–water partition coefficient (Wildman–Crippen LogP) is 1.06. The van der Waals surface area contributed by atoms with Crippen LogP contribution in [0.25, 0.3) is 10.9 Å². The van der Waals surface area contributed by atoms with Gasteiger partial charge in [0.25, 0.3) is 5.82 Å². The predicted molar refractivity (Wildman–Crippen MR) is 47.3 cm³/mol. The molecule has 0 fully saturated rings. The van der Waals surface area contributed by atoms with E-state index in [1.54, 1.807) is 12.1 Å². The summed E-state index contributed by atoms with van der Waals surface area (Å²) in [4.78, 5) is 0. The van der Waals surface area contributed by atoms with Gasteiger partial charge in [-0.25, -0.2) is 4.73 Å². The first-order valence-electron chi connectivity index (χ1n) is 3.66. The van der Waals surface area contributed by atoms with E-state index in [1.165, 1.54) is 0 Å². The summed E-state index contributed by atoms with van der Waals surface area (Å²) in [6, 6.07) is 10.8. The molecule has 2 rings (SSSR count). The van der Waals surface area contributed by atoms with Crippen molar-refractivity contribution < 1.29 is 4.73 Å². The van der Waals surface area contributed by atoms with Gasteiger partial charge in [0.15, 0.2) is 0 Å². The van der Waals surface area contributed by atoms with E-state index < -0.39 is 0 Å². The maximum atomic E-state index is 11.3. The molecule has 0 saturated heterocycles. The number of para-hydroxylation sites is 1. The first-order chi connectivity index (χ1) is 5.79. The van der Waals surface area contributed by atoms with Crippen LogP contribution in [0.15, 0.2) is 36.4 Å². The largest absolute Gasteiger partial charge is 0.710 e. The number of pyridine rings is 1. The molecule has 1 aromatic carbocycles. The van der Waals surface area contributed by atoms with E-state index >= 15 is 0 Å². The third-order valence-electron chi connectivity index (χ3n) is 1.82. The van der Waals surface area contributed by atoms with Gasteiger partial charge in [-0.3, -0.25) is 5.73 Å². The number of aromatic nitrogens is 1. The number of hydrogen-bond acceptors (Lipinski definition) is 2. The van der Waals surface area contributed by atoms with E-state index in [9.17, 15) is 5.21 Å². The van der Waals surface area contributed by atoms with Gasteiger partial charge in [-0.1, -0.05) is 18.2 Å². The summed E-state index contributed by atoms with van der Waals surface area (Å²) in [5, 5.41) is 12.2. The van der Waals surface area contributed by atoms with Crippen LogP contribution in [-0.4, -0.2) is 0 Å². The fraction of sp³-hybridized carbons (Fsp3) is 0. The Morgan fingerprint density at radius 1 is 1.08 bits per heavy atom. The van der Waals surface area contributed by atoms with Crippen molar-refractivity contribution in [2.45, 2.75) is 0 Å². The molecule has 0 aliphatic carbocycles. The quantitative estimate of drug-likeness (QED) is 0.462. The standard InChI is InChI=1S/C9H8N2O/c10-9-6-5-7-3-1-2-4-8(7)11(9)12/h1-6H,10H2. The van der Waals surface area contributed by atoms with Gasteiger partial charge in [-0.15, -0.1) is 0 Å². The third kappa shape index (κ3) is 0.871. The average Bonchev–Trinajstić information content (AvgIpc) is 2.12. The summed E-state index contributed by atoms with van der Waals surface area (Å²) in [6.45, 7) is 0. The van der Waals surface area contributed by atoms with Gasteiger partial charge < -0.3 is 5.21 Å². The topological polar surface area (TPSA) is 53.0 Å². The Balaban J connectivity index is 2.91. The van der Waals surface area contributed by atoms with Gasteiger partial charge in [0.2, 0.25) is 0 Å². The highest BCUT2D eigenvalue weighted by Crippen LogP contribution is 2.09. The summed E-state index contributed by atoms with van der Waals surface area (Å²) >= 11 is 0. The molecule has 0 aliphatic heterocycles. The smallest absolute Gasteiger partial charge is 0.275 e. The zero-order valence-corrected chi connectivity index (χ0v) is 6.40. The lowest BCUT2D eigenvalue weighted by Gasteiger charge is -2.07. The highest BCUT2D eigenvalue weighted by molar-refractivity contribution is 5.76. The lowest BCUT2D eigenvalue weighted by Crippen LogP contribution is -2.30. The Kier molecular flexibility index (Phi) is 1.37. The molecule has 12 heavy (non-hydrogen) atoms. The molecule has 0 aliphatic rings. The lowest BCUT2D eigenvalue weighted by atomic mass is 10.2. The summed E-state index contributed by atoms with van der Waals surface area (Å²) in [6.07, 6.45) is 0. The monoisotopic (exact) mass is 160 g/mol. The van der Waals surface area contributed by atoms with Crippen LogP contribution >= 0.6 is 0 Å². The van der Waals surface area contributed by atoms with Crippen LogP contribution in [0.5, 0.6) is 0 Å². The zero-order chi connectivity index (χ0) is 8.55. The molecule has 0 bridgehead atoms. The van der Waals surface area contributed by atoms with E-state index in [4.69, 9.17) is 5.73 Å². The highest BCUT2D eigenvalue weighted by atomic mass is 16.5. The molecule has 0 radical (unpaired) electrons. The van der Waals surface area contributed by atoms with E-state index in [1.807, 2.05) is 24.3 Å². The van der Waals surface area contributed by atoms with E-state index in [0.29, 0.717) is 5.52 Å². The van der Waals surface area contributed by atoms with Crippen LogP contribution in [-0.2, 0) is 0 Å². The molecule has 2 aromatic rings.